The first-order valence-electron chi connectivity index (χ1n) is 10.0. The van der Waals surface area contributed by atoms with Crippen molar-refractivity contribution in [2.45, 2.75) is 43.3 Å². The van der Waals surface area contributed by atoms with Gasteiger partial charge in [-0.15, -0.1) is 11.8 Å². The predicted octanol–water partition coefficient (Wildman–Crippen LogP) is 6.33. The van der Waals surface area contributed by atoms with Gasteiger partial charge in [-0.25, -0.2) is 0 Å². The minimum Gasteiger partial charge on any atom is -0.325 e. The molecule has 0 aliphatic rings. The summed E-state index contributed by atoms with van der Waals surface area (Å²) in [4.78, 5) is 26.5. The van der Waals surface area contributed by atoms with Gasteiger partial charge in [0.25, 0.3) is 0 Å². The van der Waals surface area contributed by atoms with Crippen molar-refractivity contribution in [3.05, 3.63) is 95.6 Å². The van der Waals surface area contributed by atoms with Crippen molar-refractivity contribution in [2.24, 2.45) is 0 Å². The number of anilines is 1. The number of ketones is 1. The minimum absolute atomic E-state index is 0.0419. The van der Waals surface area contributed by atoms with E-state index in [9.17, 15) is 9.59 Å². The summed E-state index contributed by atoms with van der Waals surface area (Å²) in [6, 6.07) is 24.7. The highest BCUT2D eigenvalue weighted by Gasteiger charge is 2.17. The third-order valence-corrected chi connectivity index (χ3v) is 5.94. The number of carbonyl (C=O) groups excluding carboxylic acids is 2. The van der Waals surface area contributed by atoms with Crippen LogP contribution in [0, 0.1) is 0 Å². The van der Waals surface area contributed by atoms with Crippen molar-refractivity contribution in [3.63, 3.8) is 0 Å². The lowest BCUT2D eigenvalue weighted by atomic mass is 9.86. The number of thioether (sulfide) groups is 1. The van der Waals surface area contributed by atoms with Crippen LogP contribution >= 0.6 is 11.8 Å². The van der Waals surface area contributed by atoms with Crippen molar-refractivity contribution in [3.8, 4) is 0 Å². The van der Waals surface area contributed by atoms with E-state index in [0.29, 0.717) is 16.8 Å². The quantitative estimate of drug-likeness (QED) is 0.376. The minimum atomic E-state index is -0.253. The number of rotatable bonds is 6. The van der Waals surface area contributed by atoms with E-state index in [1.807, 2.05) is 61.5 Å². The van der Waals surface area contributed by atoms with E-state index in [2.05, 4.69) is 26.1 Å². The molecule has 0 unspecified atom stereocenters. The van der Waals surface area contributed by atoms with E-state index in [1.165, 1.54) is 17.3 Å². The first-order chi connectivity index (χ1) is 14.2. The van der Waals surface area contributed by atoms with Gasteiger partial charge in [-0.2, -0.15) is 0 Å². The van der Waals surface area contributed by atoms with Gasteiger partial charge >= 0.3 is 0 Å². The van der Waals surface area contributed by atoms with Crippen molar-refractivity contribution in [1.82, 2.24) is 0 Å². The van der Waals surface area contributed by atoms with Gasteiger partial charge in [-0.05, 0) is 42.2 Å². The van der Waals surface area contributed by atoms with Gasteiger partial charge in [0.15, 0.2) is 5.78 Å². The number of hydrogen-bond donors (Lipinski definition) is 1. The van der Waals surface area contributed by atoms with Gasteiger partial charge in [0.1, 0.15) is 0 Å². The summed E-state index contributed by atoms with van der Waals surface area (Å²) >= 11 is 1.50. The Labute approximate surface area is 182 Å². The molecule has 0 aromatic heterocycles. The van der Waals surface area contributed by atoms with Gasteiger partial charge in [-0.3, -0.25) is 9.59 Å². The Bertz CT molecular complexity index is 1020. The molecule has 0 fully saturated rings. The molecule has 0 aliphatic carbocycles. The van der Waals surface area contributed by atoms with Crippen molar-refractivity contribution >= 4 is 29.1 Å². The Hall–Kier alpha value is -2.85. The van der Waals surface area contributed by atoms with E-state index in [0.717, 1.165) is 4.90 Å². The van der Waals surface area contributed by atoms with Gasteiger partial charge < -0.3 is 5.32 Å². The molecule has 3 nitrogen and oxygen atoms in total. The summed E-state index contributed by atoms with van der Waals surface area (Å²) in [5.41, 5.74) is 3.04. The maximum atomic E-state index is 12.9. The highest BCUT2D eigenvalue weighted by atomic mass is 32.2. The Morgan fingerprint density at radius 3 is 2.13 bits per heavy atom. The van der Waals surface area contributed by atoms with E-state index < -0.39 is 0 Å². The molecule has 1 amide bonds. The summed E-state index contributed by atoms with van der Waals surface area (Å²) in [6.07, 6.45) is 0. The summed E-state index contributed by atoms with van der Waals surface area (Å²) in [5.74, 6) is -0.152. The molecule has 30 heavy (non-hydrogen) atoms. The molecule has 3 aromatic rings. The molecular formula is C26H27NO2S. The third-order valence-electron chi connectivity index (χ3n) is 4.83. The van der Waals surface area contributed by atoms with Crippen molar-refractivity contribution in [2.75, 3.05) is 5.32 Å². The second-order valence-corrected chi connectivity index (χ2v) is 9.71. The average molecular weight is 418 g/mol. The van der Waals surface area contributed by atoms with Crippen LogP contribution in [0.1, 0.15) is 49.2 Å². The number of hydrogen-bond acceptors (Lipinski definition) is 3. The SMILES string of the molecule is C[C@@H](Sc1ccccc1)C(=O)Nc1cccc(C(=O)c2ccc(C(C)(C)C)cc2)c1. The number of nitrogens with one attached hydrogen (secondary N) is 1. The molecule has 1 N–H and O–H groups in total. The van der Waals surface area contributed by atoms with Crippen LogP contribution < -0.4 is 5.32 Å². The fourth-order valence-electron chi connectivity index (χ4n) is 3.03. The van der Waals surface area contributed by atoms with Crippen LogP contribution in [-0.2, 0) is 10.2 Å². The summed E-state index contributed by atoms with van der Waals surface area (Å²) in [5, 5.41) is 2.67. The largest absolute Gasteiger partial charge is 0.325 e. The molecule has 0 radical (unpaired) electrons. The molecule has 3 rings (SSSR count). The Kier molecular flexibility index (Phi) is 6.78. The van der Waals surface area contributed by atoms with Crippen LogP contribution in [0.4, 0.5) is 5.69 Å². The highest BCUT2D eigenvalue weighted by Crippen LogP contribution is 2.25. The lowest BCUT2D eigenvalue weighted by Gasteiger charge is -2.19. The van der Waals surface area contributed by atoms with Crippen molar-refractivity contribution in [1.29, 1.82) is 0 Å². The molecule has 1 atom stereocenters. The maximum Gasteiger partial charge on any atom is 0.237 e. The maximum absolute atomic E-state index is 12.9. The molecule has 0 bridgehead atoms. The first-order valence-corrected chi connectivity index (χ1v) is 10.9. The van der Waals surface area contributed by atoms with E-state index >= 15 is 0 Å². The highest BCUT2D eigenvalue weighted by molar-refractivity contribution is 8.00. The lowest BCUT2D eigenvalue weighted by Crippen LogP contribution is -2.22. The zero-order valence-corrected chi connectivity index (χ0v) is 18.6. The van der Waals surface area contributed by atoms with Gasteiger partial charge in [0.05, 0.1) is 5.25 Å². The summed E-state index contributed by atoms with van der Waals surface area (Å²) in [6.45, 7) is 8.31. The van der Waals surface area contributed by atoms with Crippen LogP contribution in [-0.4, -0.2) is 16.9 Å². The smallest absolute Gasteiger partial charge is 0.237 e. The Morgan fingerprint density at radius 1 is 0.833 bits per heavy atom. The zero-order valence-electron chi connectivity index (χ0n) is 17.8. The van der Waals surface area contributed by atoms with Gasteiger partial charge in [-0.1, -0.05) is 75.4 Å². The lowest BCUT2D eigenvalue weighted by molar-refractivity contribution is -0.115. The van der Waals surface area contributed by atoms with Gasteiger partial charge in [0, 0.05) is 21.7 Å². The van der Waals surface area contributed by atoms with Crippen LogP contribution in [0.25, 0.3) is 0 Å². The molecule has 4 heteroatoms. The normalized spacial score (nSPS) is 12.3. The molecule has 3 aromatic carbocycles. The fraction of sp³-hybridized carbons (Fsp3) is 0.231. The number of carbonyl (C=O) groups is 2. The Morgan fingerprint density at radius 2 is 1.50 bits per heavy atom. The summed E-state index contributed by atoms with van der Waals surface area (Å²) in [7, 11) is 0. The Balaban J connectivity index is 1.69. The average Bonchev–Trinajstić information content (AvgIpc) is 2.73. The molecule has 0 aliphatic heterocycles. The molecule has 154 valence electrons. The standard InChI is InChI=1S/C26H27NO2S/c1-18(30-23-11-6-5-7-12-23)25(29)27-22-10-8-9-20(17-22)24(28)19-13-15-21(16-14-19)26(2,3)4/h5-18H,1-4H3,(H,27,29)/t18-/m1/s1. The van der Waals surface area contributed by atoms with Crippen LogP contribution in [0.15, 0.2) is 83.8 Å². The van der Waals surface area contributed by atoms with Crippen LogP contribution in [0.3, 0.4) is 0 Å². The molecule has 0 spiro atoms. The first kappa shape index (κ1) is 21.8. The van der Waals surface area contributed by atoms with Gasteiger partial charge in [0.2, 0.25) is 5.91 Å². The fourth-order valence-corrected chi connectivity index (χ4v) is 3.92. The van der Waals surface area contributed by atoms with Crippen LogP contribution in [0.5, 0.6) is 0 Å². The topological polar surface area (TPSA) is 46.2 Å². The third kappa shape index (κ3) is 5.61. The van der Waals surface area contributed by atoms with E-state index in [4.69, 9.17) is 0 Å². The second-order valence-electron chi connectivity index (χ2n) is 8.30. The molecule has 0 saturated carbocycles. The monoisotopic (exact) mass is 417 g/mol. The van der Waals surface area contributed by atoms with E-state index in [-0.39, 0.29) is 22.4 Å². The number of benzene rings is 3. The molecule has 0 heterocycles. The molecule has 0 saturated heterocycles. The molecular weight excluding hydrogens is 390 g/mol. The van der Waals surface area contributed by atoms with Crippen molar-refractivity contribution < 1.29 is 9.59 Å². The zero-order chi connectivity index (χ0) is 21.7. The summed E-state index contributed by atoms with van der Waals surface area (Å²) < 4.78 is 0. The number of amides is 1. The second kappa shape index (κ2) is 9.31. The van der Waals surface area contributed by atoms with E-state index in [1.54, 1.807) is 24.3 Å². The predicted molar refractivity (Wildman–Crippen MR) is 125 cm³/mol. The van der Waals surface area contributed by atoms with Crippen LogP contribution in [0.2, 0.25) is 0 Å².